The van der Waals surface area contributed by atoms with Crippen molar-refractivity contribution in [1.82, 2.24) is 5.32 Å². The van der Waals surface area contributed by atoms with E-state index in [4.69, 9.17) is 4.74 Å². The van der Waals surface area contributed by atoms with Gasteiger partial charge in [-0.1, -0.05) is 13.0 Å². The van der Waals surface area contributed by atoms with E-state index in [9.17, 15) is 19.5 Å². The minimum Gasteiger partial charge on any atom is -0.480 e. The van der Waals surface area contributed by atoms with Crippen LogP contribution in [0.1, 0.15) is 49.9 Å². The van der Waals surface area contributed by atoms with Gasteiger partial charge in [-0.25, -0.2) is 4.79 Å². The maximum atomic E-state index is 12.8. The minimum atomic E-state index is -1.25. The van der Waals surface area contributed by atoms with E-state index in [0.717, 1.165) is 12.8 Å². The average molecular weight is 346 g/mol. The zero-order valence-electron chi connectivity index (χ0n) is 14.3. The molecule has 0 spiro atoms. The molecular formula is C18H22N2O5. The molecule has 7 nitrogen and oxygen atoms in total. The summed E-state index contributed by atoms with van der Waals surface area (Å²) in [6.45, 7) is 3.67. The number of hydrogen-bond acceptors (Lipinski definition) is 4. The van der Waals surface area contributed by atoms with Gasteiger partial charge in [-0.3, -0.25) is 9.59 Å². The van der Waals surface area contributed by atoms with Crippen LogP contribution >= 0.6 is 0 Å². The van der Waals surface area contributed by atoms with Crippen molar-refractivity contribution >= 4 is 23.5 Å². The topological polar surface area (TPSA) is 105 Å². The Morgan fingerprint density at radius 1 is 1.28 bits per heavy atom. The number of carbonyl (C=O) groups is 3. The van der Waals surface area contributed by atoms with Crippen molar-refractivity contribution in [3.05, 3.63) is 23.8 Å². The van der Waals surface area contributed by atoms with Crippen LogP contribution in [-0.2, 0) is 9.59 Å². The number of carboxylic acids is 1. The van der Waals surface area contributed by atoms with E-state index in [-0.39, 0.29) is 17.2 Å². The fourth-order valence-electron chi connectivity index (χ4n) is 3.34. The number of aliphatic carboxylic acids is 1. The molecule has 3 rings (SSSR count). The SMILES string of the molecule is CC1CCC(NC(=O)c2cccc3c2OC(C)C(=O)N3)(C(=O)O)CC1. The highest BCUT2D eigenvalue weighted by Gasteiger charge is 2.43. The molecule has 1 aromatic rings. The van der Waals surface area contributed by atoms with E-state index in [1.165, 1.54) is 0 Å². The summed E-state index contributed by atoms with van der Waals surface area (Å²) in [7, 11) is 0. The first-order valence-corrected chi connectivity index (χ1v) is 8.49. The average Bonchev–Trinajstić information content (AvgIpc) is 2.57. The molecule has 2 aliphatic rings. The molecule has 1 atom stereocenters. The molecule has 1 saturated carbocycles. The Morgan fingerprint density at radius 2 is 1.96 bits per heavy atom. The predicted octanol–water partition coefficient (Wildman–Crippen LogP) is 2.17. The Balaban J connectivity index is 1.88. The molecule has 0 bridgehead atoms. The van der Waals surface area contributed by atoms with Gasteiger partial charge in [0.1, 0.15) is 5.54 Å². The smallest absolute Gasteiger partial charge is 0.329 e. The van der Waals surface area contributed by atoms with Gasteiger partial charge in [0.25, 0.3) is 11.8 Å². The van der Waals surface area contributed by atoms with Gasteiger partial charge in [-0.15, -0.1) is 0 Å². The molecule has 1 fully saturated rings. The van der Waals surface area contributed by atoms with Gasteiger partial charge in [-0.2, -0.15) is 0 Å². The number of ether oxygens (including phenoxy) is 1. The highest BCUT2D eigenvalue weighted by atomic mass is 16.5. The second-order valence-corrected chi connectivity index (χ2v) is 6.96. The van der Waals surface area contributed by atoms with Crippen molar-refractivity contribution < 1.29 is 24.2 Å². The Hall–Kier alpha value is -2.57. The molecule has 1 aliphatic carbocycles. The third kappa shape index (κ3) is 3.18. The summed E-state index contributed by atoms with van der Waals surface area (Å²) in [5.41, 5.74) is -0.614. The summed E-state index contributed by atoms with van der Waals surface area (Å²) in [6.07, 6.45) is 1.59. The fraction of sp³-hybridized carbons (Fsp3) is 0.500. The molecule has 1 heterocycles. The second kappa shape index (κ2) is 6.38. The summed E-state index contributed by atoms with van der Waals surface area (Å²) >= 11 is 0. The Labute approximate surface area is 145 Å². The minimum absolute atomic E-state index is 0.226. The number of carboxylic acid groups (broad SMARTS) is 1. The summed E-state index contributed by atoms with van der Waals surface area (Å²) in [6, 6.07) is 4.84. The fourth-order valence-corrected chi connectivity index (χ4v) is 3.34. The lowest BCUT2D eigenvalue weighted by molar-refractivity contribution is -0.146. The Bertz CT molecular complexity index is 722. The molecule has 0 saturated heterocycles. The van der Waals surface area contributed by atoms with E-state index in [1.807, 2.05) is 0 Å². The number of amides is 2. The second-order valence-electron chi connectivity index (χ2n) is 6.96. The monoisotopic (exact) mass is 346 g/mol. The Kier molecular flexibility index (Phi) is 4.41. The van der Waals surface area contributed by atoms with Gasteiger partial charge < -0.3 is 20.5 Å². The lowest BCUT2D eigenvalue weighted by Gasteiger charge is -2.36. The molecule has 1 unspecified atom stereocenters. The van der Waals surface area contributed by atoms with E-state index in [2.05, 4.69) is 17.6 Å². The van der Waals surface area contributed by atoms with Crippen molar-refractivity contribution in [1.29, 1.82) is 0 Å². The van der Waals surface area contributed by atoms with E-state index >= 15 is 0 Å². The zero-order valence-corrected chi connectivity index (χ0v) is 14.3. The molecule has 7 heteroatoms. The van der Waals surface area contributed by atoms with Crippen LogP contribution in [0.15, 0.2) is 18.2 Å². The number of benzene rings is 1. The summed E-state index contributed by atoms with van der Waals surface area (Å²) in [5, 5.41) is 15.1. The van der Waals surface area contributed by atoms with Crippen LogP contribution in [0.2, 0.25) is 0 Å². The van der Waals surface area contributed by atoms with Crippen molar-refractivity contribution in [3.63, 3.8) is 0 Å². The summed E-state index contributed by atoms with van der Waals surface area (Å²) in [4.78, 5) is 36.3. The van der Waals surface area contributed by atoms with Gasteiger partial charge in [0.2, 0.25) is 0 Å². The van der Waals surface area contributed by atoms with Crippen molar-refractivity contribution in [2.45, 2.75) is 51.2 Å². The van der Waals surface area contributed by atoms with Crippen LogP contribution in [0, 0.1) is 5.92 Å². The normalized spacial score (nSPS) is 28.3. The highest BCUT2D eigenvalue weighted by Crippen LogP contribution is 2.36. The number of nitrogens with one attached hydrogen (secondary N) is 2. The van der Waals surface area contributed by atoms with Crippen LogP contribution in [0.3, 0.4) is 0 Å². The largest absolute Gasteiger partial charge is 0.480 e. The molecule has 0 aromatic heterocycles. The molecule has 1 aliphatic heterocycles. The van der Waals surface area contributed by atoms with Gasteiger partial charge in [-0.05, 0) is 50.7 Å². The van der Waals surface area contributed by atoms with E-state index in [1.54, 1.807) is 25.1 Å². The van der Waals surface area contributed by atoms with E-state index < -0.39 is 23.5 Å². The van der Waals surface area contributed by atoms with Gasteiger partial charge in [0.05, 0.1) is 11.3 Å². The van der Waals surface area contributed by atoms with Gasteiger partial charge >= 0.3 is 5.97 Å². The predicted molar refractivity (Wildman–Crippen MR) is 90.6 cm³/mol. The number of carbonyl (C=O) groups excluding carboxylic acids is 2. The number of fused-ring (bicyclic) bond motifs is 1. The van der Waals surface area contributed by atoms with Crippen molar-refractivity contribution in [2.24, 2.45) is 5.92 Å². The zero-order chi connectivity index (χ0) is 18.2. The molecule has 1 aromatic carbocycles. The van der Waals surface area contributed by atoms with Crippen LogP contribution in [0.5, 0.6) is 5.75 Å². The van der Waals surface area contributed by atoms with Gasteiger partial charge in [0.15, 0.2) is 11.9 Å². The van der Waals surface area contributed by atoms with Crippen LogP contribution in [-0.4, -0.2) is 34.5 Å². The molecule has 134 valence electrons. The standard InChI is InChI=1S/C18H22N2O5/c1-10-6-8-18(9-7-10,17(23)24)20-16(22)12-4-3-5-13-14(12)25-11(2)15(21)19-13/h3-5,10-11H,6-9H2,1-2H3,(H,19,21)(H,20,22)(H,23,24). The third-order valence-corrected chi connectivity index (χ3v) is 5.07. The number of para-hydroxylation sites is 1. The lowest BCUT2D eigenvalue weighted by Crippen LogP contribution is -2.56. The first kappa shape index (κ1) is 17.3. The number of hydrogen-bond donors (Lipinski definition) is 3. The molecule has 3 N–H and O–H groups in total. The lowest BCUT2D eigenvalue weighted by atomic mass is 9.77. The number of anilines is 1. The van der Waals surface area contributed by atoms with Crippen LogP contribution in [0.4, 0.5) is 5.69 Å². The van der Waals surface area contributed by atoms with Crippen molar-refractivity contribution in [3.8, 4) is 5.75 Å². The molecule has 0 radical (unpaired) electrons. The number of rotatable bonds is 3. The maximum Gasteiger partial charge on any atom is 0.329 e. The van der Waals surface area contributed by atoms with Crippen molar-refractivity contribution in [2.75, 3.05) is 5.32 Å². The van der Waals surface area contributed by atoms with E-state index in [0.29, 0.717) is 24.4 Å². The van der Waals surface area contributed by atoms with Crippen LogP contribution in [0.25, 0.3) is 0 Å². The van der Waals surface area contributed by atoms with Crippen LogP contribution < -0.4 is 15.4 Å². The third-order valence-electron chi connectivity index (χ3n) is 5.07. The molecular weight excluding hydrogens is 324 g/mol. The first-order valence-electron chi connectivity index (χ1n) is 8.49. The summed E-state index contributed by atoms with van der Waals surface area (Å²) in [5.74, 6) is -1.07. The first-order chi connectivity index (χ1) is 11.8. The Morgan fingerprint density at radius 3 is 2.60 bits per heavy atom. The maximum absolute atomic E-state index is 12.8. The molecule has 25 heavy (non-hydrogen) atoms. The van der Waals surface area contributed by atoms with Gasteiger partial charge in [0, 0.05) is 0 Å². The molecule has 2 amide bonds. The quantitative estimate of drug-likeness (QED) is 0.778. The summed E-state index contributed by atoms with van der Waals surface area (Å²) < 4.78 is 5.58. The highest BCUT2D eigenvalue weighted by molar-refractivity contribution is 6.05.